The molecule has 3 N–H and O–H groups in total. The van der Waals surface area contributed by atoms with Crippen molar-refractivity contribution in [3.8, 4) is 0 Å². The van der Waals surface area contributed by atoms with Crippen molar-refractivity contribution >= 4 is 0 Å². The highest BCUT2D eigenvalue weighted by atomic mass is 14.9. The average Bonchev–Trinajstić information content (AvgIpc) is 2.48. The zero-order valence-corrected chi connectivity index (χ0v) is 13.0. The molecule has 0 fully saturated rings. The smallest absolute Gasteiger partial charge is 0.0294 e. The van der Waals surface area contributed by atoms with Crippen LogP contribution in [0.25, 0.3) is 0 Å². The fourth-order valence-electron chi connectivity index (χ4n) is 2.76. The summed E-state index contributed by atoms with van der Waals surface area (Å²) in [5, 5.41) is 3.67. The van der Waals surface area contributed by atoms with E-state index in [1.54, 1.807) is 0 Å². The molecule has 0 saturated carbocycles. The van der Waals surface area contributed by atoms with Crippen molar-refractivity contribution in [3.63, 3.8) is 0 Å². The number of rotatable bonds is 7. The number of benzene rings is 2. The van der Waals surface area contributed by atoms with E-state index in [0.29, 0.717) is 18.6 Å². The van der Waals surface area contributed by atoms with E-state index in [-0.39, 0.29) is 0 Å². The van der Waals surface area contributed by atoms with E-state index in [2.05, 4.69) is 73.8 Å². The summed E-state index contributed by atoms with van der Waals surface area (Å²) in [6.07, 6.45) is 1.99. The Hall–Kier alpha value is -1.64. The van der Waals surface area contributed by atoms with E-state index < -0.39 is 0 Å². The first-order chi connectivity index (χ1) is 10.2. The van der Waals surface area contributed by atoms with Crippen molar-refractivity contribution < 1.29 is 0 Å². The maximum Gasteiger partial charge on any atom is 0.0294 e. The molecule has 0 radical (unpaired) electrons. The highest BCUT2D eigenvalue weighted by Crippen LogP contribution is 2.14. The Morgan fingerprint density at radius 2 is 1.67 bits per heavy atom. The minimum absolute atomic E-state index is 0.369. The van der Waals surface area contributed by atoms with Crippen LogP contribution in [0.15, 0.2) is 54.6 Å². The Kier molecular flexibility index (Phi) is 5.97. The van der Waals surface area contributed by atoms with Crippen LogP contribution in [0, 0.1) is 0 Å². The maximum absolute atomic E-state index is 5.63. The van der Waals surface area contributed by atoms with Crippen molar-refractivity contribution in [3.05, 3.63) is 71.3 Å². The molecule has 0 spiro atoms. The highest BCUT2D eigenvalue weighted by molar-refractivity contribution is 5.25. The van der Waals surface area contributed by atoms with Crippen LogP contribution in [0.1, 0.15) is 36.6 Å². The van der Waals surface area contributed by atoms with Gasteiger partial charge in [0, 0.05) is 12.1 Å². The van der Waals surface area contributed by atoms with Crippen molar-refractivity contribution in [1.29, 1.82) is 0 Å². The summed E-state index contributed by atoms with van der Waals surface area (Å²) in [4.78, 5) is 0. The molecule has 21 heavy (non-hydrogen) atoms. The quantitative estimate of drug-likeness (QED) is 0.816. The van der Waals surface area contributed by atoms with E-state index in [0.717, 1.165) is 12.8 Å². The van der Waals surface area contributed by atoms with Gasteiger partial charge in [0.1, 0.15) is 0 Å². The molecule has 0 aliphatic carbocycles. The fraction of sp³-hybridized carbons (Fsp3) is 0.368. The lowest BCUT2D eigenvalue weighted by atomic mass is 10.0. The van der Waals surface area contributed by atoms with Gasteiger partial charge in [-0.25, -0.2) is 0 Å². The second-order valence-corrected chi connectivity index (χ2v) is 5.76. The van der Waals surface area contributed by atoms with Gasteiger partial charge in [-0.1, -0.05) is 54.6 Å². The molecule has 2 rings (SSSR count). The van der Waals surface area contributed by atoms with E-state index in [1.165, 1.54) is 16.7 Å². The van der Waals surface area contributed by atoms with Gasteiger partial charge in [0.25, 0.3) is 0 Å². The monoisotopic (exact) mass is 282 g/mol. The molecule has 112 valence electrons. The lowest BCUT2D eigenvalue weighted by molar-refractivity contribution is 0.477. The van der Waals surface area contributed by atoms with Crippen LogP contribution in [0.4, 0.5) is 0 Å². The van der Waals surface area contributed by atoms with Crippen LogP contribution < -0.4 is 11.1 Å². The maximum atomic E-state index is 5.63. The number of nitrogens with one attached hydrogen (secondary N) is 1. The molecule has 0 bridgehead atoms. The third kappa shape index (κ3) is 5.00. The zero-order valence-electron chi connectivity index (χ0n) is 13.0. The molecule has 2 atom stereocenters. The standard InChI is InChI=1S/C19H26N2/c1-15(21-16(2)19-9-4-3-5-10-19)13-18-8-6-7-17(14-18)11-12-20/h3-10,14-16,21H,11-13,20H2,1-2H3/t15-,16-/m1/s1. The molecule has 2 aromatic carbocycles. The largest absolute Gasteiger partial charge is 0.330 e. The predicted octanol–water partition coefficient (Wildman–Crippen LogP) is 3.47. The van der Waals surface area contributed by atoms with Crippen molar-refractivity contribution in [2.24, 2.45) is 5.73 Å². The second kappa shape index (κ2) is 7.96. The second-order valence-electron chi connectivity index (χ2n) is 5.76. The molecule has 2 aromatic rings. The van der Waals surface area contributed by atoms with Crippen LogP contribution in [0.5, 0.6) is 0 Å². The Morgan fingerprint density at radius 3 is 2.38 bits per heavy atom. The first kappa shape index (κ1) is 15.7. The van der Waals surface area contributed by atoms with E-state index in [9.17, 15) is 0 Å². The third-order valence-electron chi connectivity index (χ3n) is 3.80. The van der Waals surface area contributed by atoms with Crippen molar-refractivity contribution in [2.75, 3.05) is 6.54 Å². The van der Waals surface area contributed by atoms with Crippen LogP contribution in [0.3, 0.4) is 0 Å². The number of nitrogens with two attached hydrogens (primary N) is 1. The van der Waals surface area contributed by atoms with Gasteiger partial charge in [-0.3, -0.25) is 0 Å². The van der Waals surface area contributed by atoms with Gasteiger partial charge in [-0.2, -0.15) is 0 Å². The molecule has 0 amide bonds. The topological polar surface area (TPSA) is 38.0 Å². The molecule has 0 saturated heterocycles. The summed E-state index contributed by atoms with van der Waals surface area (Å²) in [6.45, 7) is 5.17. The summed E-state index contributed by atoms with van der Waals surface area (Å²) in [5.41, 5.74) is 9.67. The summed E-state index contributed by atoms with van der Waals surface area (Å²) < 4.78 is 0. The molecule has 0 aliphatic rings. The van der Waals surface area contributed by atoms with Gasteiger partial charge >= 0.3 is 0 Å². The minimum atomic E-state index is 0.369. The number of hydrogen-bond donors (Lipinski definition) is 2. The van der Waals surface area contributed by atoms with Gasteiger partial charge in [-0.05, 0) is 49.9 Å². The lowest BCUT2D eigenvalue weighted by Crippen LogP contribution is -2.30. The zero-order chi connectivity index (χ0) is 15.1. The SMILES string of the molecule is C[C@H](Cc1cccc(CCN)c1)N[C@H](C)c1ccccc1. The average molecular weight is 282 g/mol. The Balaban J connectivity index is 1.92. The first-order valence-corrected chi connectivity index (χ1v) is 7.78. The highest BCUT2D eigenvalue weighted by Gasteiger charge is 2.09. The number of hydrogen-bond acceptors (Lipinski definition) is 2. The summed E-state index contributed by atoms with van der Waals surface area (Å²) in [5.74, 6) is 0. The molecular formula is C19H26N2. The van der Waals surface area contributed by atoms with Gasteiger partial charge < -0.3 is 11.1 Å². The van der Waals surface area contributed by atoms with Crippen LogP contribution >= 0.6 is 0 Å². The Bertz CT molecular complexity index is 536. The van der Waals surface area contributed by atoms with E-state index >= 15 is 0 Å². The van der Waals surface area contributed by atoms with Gasteiger partial charge in [0.2, 0.25) is 0 Å². The molecule has 0 aromatic heterocycles. The van der Waals surface area contributed by atoms with Crippen molar-refractivity contribution in [1.82, 2.24) is 5.32 Å². The lowest BCUT2D eigenvalue weighted by Gasteiger charge is -2.20. The molecule has 0 aliphatic heterocycles. The van der Waals surface area contributed by atoms with Gasteiger partial charge in [0.05, 0.1) is 0 Å². The van der Waals surface area contributed by atoms with E-state index in [1.807, 2.05) is 0 Å². The predicted molar refractivity (Wildman–Crippen MR) is 90.4 cm³/mol. The molecule has 0 unspecified atom stereocenters. The van der Waals surface area contributed by atoms with Crippen LogP contribution in [-0.2, 0) is 12.8 Å². The molecule has 0 heterocycles. The summed E-state index contributed by atoms with van der Waals surface area (Å²) >= 11 is 0. The fourth-order valence-corrected chi connectivity index (χ4v) is 2.76. The minimum Gasteiger partial charge on any atom is -0.330 e. The van der Waals surface area contributed by atoms with Crippen LogP contribution in [-0.4, -0.2) is 12.6 Å². The normalized spacial score (nSPS) is 13.9. The molecule has 2 heteroatoms. The Morgan fingerprint density at radius 1 is 0.952 bits per heavy atom. The third-order valence-corrected chi connectivity index (χ3v) is 3.80. The van der Waals surface area contributed by atoms with Crippen LogP contribution in [0.2, 0.25) is 0 Å². The first-order valence-electron chi connectivity index (χ1n) is 7.78. The molecule has 2 nitrogen and oxygen atoms in total. The molecular weight excluding hydrogens is 256 g/mol. The van der Waals surface area contributed by atoms with Crippen molar-refractivity contribution in [2.45, 2.75) is 38.8 Å². The van der Waals surface area contributed by atoms with E-state index in [4.69, 9.17) is 5.73 Å². The van der Waals surface area contributed by atoms with Gasteiger partial charge in [0.15, 0.2) is 0 Å². The Labute approximate surface area is 128 Å². The van der Waals surface area contributed by atoms with Gasteiger partial charge in [-0.15, -0.1) is 0 Å². The summed E-state index contributed by atoms with van der Waals surface area (Å²) in [7, 11) is 0. The summed E-state index contributed by atoms with van der Waals surface area (Å²) in [6, 6.07) is 20.2.